The van der Waals surface area contributed by atoms with Crippen LogP contribution < -0.4 is 10.1 Å². The lowest BCUT2D eigenvalue weighted by molar-refractivity contribution is -0.143. The highest BCUT2D eigenvalue weighted by Gasteiger charge is 2.20. The van der Waals surface area contributed by atoms with Crippen LogP contribution >= 0.6 is 0 Å². The lowest BCUT2D eigenvalue weighted by atomic mass is 9.90. The largest absolute Gasteiger partial charge is 0.494 e. The second-order valence-electron chi connectivity index (χ2n) is 9.97. The van der Waals surface area contributed by atoms with Gasteiger partial charge in [0.15, 0.2) is 0 Å². The summed E-state index contributed by atoms with van der Waals surface area (Å²) in [4.78, 5) is 11.7. The minimum Gasteiger partial charge on any atom is -0.494 e. The van der Waals surface area contributed by atoms with Crippen LogP contribution in [0.15, 0.2) is 60.7 Å². The summed E-state index contributed by atoms with van der Waals surface area (Å²) in [5.74, 6) is 0.737. The first-order chi connectivity index (χ1) is 18.2. The standard InChI is InChI=1S/C31H37NO5S/c1-4-36-31(33)16-10-23-9-14-29-26(20-23)11-15-30(32-29)25-8-5-7-24(21-25)28-13-12-27(19-22(28)2)37-17-6-18-38(3,34)35/h5,7-9,12-14,19-21,30,32H,4,6,10-11,15-18H2,1-3H3. The van der Waals surface area contributed by atoms with E-state index in [0.29, 0.717) is 32.5 Å². The van der Waals surface area contributed by atoms with Crippen molar-refractivity contribution in [1.29, 1.82) is 0 Å². The van der Waals surface area contributed by atoms with Crippen LogP contribution in [0.3, 0.4) is 0 Å². The van der Waals surface area contributed by atoms with Gasteiger partial charge in [0.05, 0.1) is 25.0 Å². The third-order valence-electron chi connectivity index (χ3n) is 6.85. The van der Waals surface area contributed by atoms with Crippen molar-refractivity contribution < 1.29 is 22.7 Å². The van der Waals surface area contributed by atoms with Crippen molar-refractivity contribution in [3.8, 4) is 16.9 Å². The predicted octanol–water partition coefficient (Wildman–Crippen LogP) is 6.07. The van der Waals surface area contributed by atoms with Gasteiger partial charge in [-0.25, -0.2) is 8.42 Å². The number of ether oxygens (including phenoxy) is 2. The fourth-order valence-corrected chi connectivity index (χ4v) is 5.57. The van der Waals surface area contributed by atoms with Crippen molar-refractivity contribution >= 4 is 21.5 Å². The average molecular weight is 536 g/mol. The van der Waals surface area contributed by atoms with Gasteiger partial charge in [0.25, 0.3) is 0 Å². The monoisotopic (exact) mass is 535 g/mol. The van der Waals surface area contributed by atoms with Crippen LogP contribution in [0.2, 0.25) is 0 Å². The summed E-state index contributed by atoms with van der Waals surface area (Å²) in [5, 5.41) is 3.71. The van der Waals surface area contributed by atoms with Crippen LogP contribution in [0.4, 0.5) is 5.69 Å². The molecule has 0 fully saturated rings. The van der Waals surface area contributed by atoms with Gasteiger partial charge < -0.3 is 14.8 Å². The van der Waals surface area contributed by atoms with E-state index >= 15 is 0 Å². The minimum absolute atomic E-state index is 0.132. The summed E-state index contributed by atoms with van der Waals surface area (Å²) in [6.07, 6.45) is 4.81. The zero-order valence-electron chi connectivity index (χ0n) is 22.5. The Bertz CT molecular complexity index is 1380. The quantitative estimate of drug-likeness (QED) is 0.237. The summed E-state index contributed by atoms with van der Waals surface area (Å²) >= 11 is 0. The van der Waals surface area contributed by atoms with Gasteiger partial charge in [-0.3, -0.25) is 4.79 Å². The number of rotatable bonds is 11. The SMILES string of the molecule is CCOC(=O)CCc1ccc2c(c1)CCC(c1cccc(-c3ccc(OCCCS(C)(=O)=O)cc3C)c1)N2. The first-order valence-corrected chi connectivity index (χ1v) is 15.3. The van der Waals surface area contributed by atoms with Gasteiger partial charge in [-0.1, -0.05) is 36.4 Å². The molecule has 4 rings (SSSR count). The fraction of sp³-hybridized carbons (Fsp3) is 0.387. The maximum absolute atomic E-state index is 11.7. The van der Waals surface area contributed by atoms with Crippen LogP contribution in [0.5, 0.6) is 5.75 Å². The van der Waals surface area contributed by atoms with Crippen LogP contribution in [-0.2, 0) is 32.2 Å². The number of anilines is 1. The van der Waals surface area contributed by atoms with E-state index in [1.807, 2.05) is 19.1 Å². The molecule has 38 heavy (non-hydrogen) atoms. The summed E-state index contributed by atoms with van der Waals surface area (Å²) in [5.41, 5.74) is 8.28. The van der Waals surface area contributed by atoms with Gasteiger partial charge in [-0.15, -0.1) is 0 Å². The molecule has 1 N–H and O–H groups in total. The number of fused-ring (bicyclic) bond motifs is 1. The maximum atomic E-state index is 11.7. The van der Waals surface area contributed by atoms with Crippen molar-refractivity contribution in [3.05, 3.63) is 82.9 Å². The Balaban J connectivity index is 1.40. The molecule has 3 aromatic rings. The molecule has 0 aliphatic carbocycles. The summed E-state index contributed by atoms with van der Waals surface area (Å²) < 4.78 is 33.4. The second-order valence-corrected chi connectivity index (χ2v) is 12.2. The number of carbonyl (C=O) groups excluding carboxylic acids is 1. The van der Waals surface area contributed by atoms with Crippen molar-refractivity contribution in [2.75, 3.05) is 30.5 Å². The fourth-order valence-electron chi connectivity index (χ4n) is 4.92. The summed E-state index contributed by atoms with van der Waals surface area (Å²) in [6.45, 7) is 4.70. The van der Waals surface area contributed by atoms with Crippen molar-refractivity contribution in [3.63, 3.8) is 0 Å². The van der Waals surface area contributed by atoms with E-state index in [1.165, 1.54) is 17.4 Å². The number of aryl methyl sites for hydroxylation is 3. The van der Waals surface area contributed by atoms with Crippen molar-refractivity contribution in [1.82, 2.24) is 0 Å². The lowest BCUT2D eigenvalue weighted by Gasteiger charge is -2.28. The van der Waals surface area contributed by atoms with Gasteiger partial charge in [0.2, 0.25) is 0 Å². The number of hydrogen-bond acceptors (Lipinski definition) is 6. The molecule has 1 unspecified atom stereocenters. The Morgan fingerprint density at radius 3 is 2.68 bits per heavy atom. The molecule has 0 spiro atoms. The Labute approximate surface area is 226 Å². The summed E-state index contributed by atoms with van der Waals surface area (Å²) in [6, 6.07) is 21.4. The molecule has 0 saturated carbocycles. The van der Waals surface area contributed by atoms with E-state index < -0.39 is 9.84 Å². The zero-order chi connectivity index (χ0) is 27.1. The molecule has 0 saturated heterocycles. The molecule has 0 amide bonds. The van der Waals surface area contributed by atoms with E-state index in [4.69, 9.17) is 9.47 Å². The van der Waals surface area contributed by atoms with Gasteiger partial charge >= 0.3 is 5.97 Å². The third-order valence-corrected chi connectivity index (χ3v) is 7.88. The number of nitrogens with one attached hydrogen (secondary N) is 1. The van der Waals surface area contributed by atoms with E-state index in [1.54, 1.807) is 0 Å². The molecule has 7 heteroatoms. The molecule has 3 aromatic carbocycles. The van der Waals surface area contributed by atoms with Crippen molar-refractivity contribution in [2.24, 2.45) is 0 Å². The first kappa shape index (κ1) is 27.7. The van der Waals surface area contributed by atoms with Crippen LogP contribution in [0, 0.1) is 6.92 Å². The second kappa shape index (κ2) is 12.5. The van der Waals surface area contributed by atoms with E-state index in [-0.39, 0.29) is 17.8 Å². The molecule has 1 heterocycles. The highest BCUT2D eigenvalue weighted by atomic mass is 32.2. The minimum atomic E-state index is -2.97. The average Bonchev–Trinajstić information content (AvgIpc) is 2.89. The van der Waals surface area contributed by atoms with Gasteiger partial charge in [0, 0.05) is 18.4 Å². The summed E-state index contributed by atoms with van der Waals surface area (Å²) in [7, 11) is -2.97. The molecule has 0 aromatic heterocycles. The Morgan fingerprint density at radius 1 is 1.08 bits per heavy atom. The normalized spacial score (nSPS) is 14.9. The van der Waals surface area contributed by atoms with Gasteiger partial charge in [0.1, 0.15) is 15.6 Å². The Morgan fingerprint density at radius 2 is 1.92 bits per heavy atom. The highest BCUT2D eigenvalue weighted by Crippen LogP contribution is 2.35. The molecule has 0 bridgehead atoms. The molecular formula is C31H37NO5S. The first-order valence-electron chi connectivity index (χ1n) is 13.3. The predicted molar refractivity (Wildman–Crippen MR) is 153 cm³/mol. The number of hydrogen-bond donors (Lipinski definition) is 1. The molecule has 1 atom stereocenters. The molecular weight excluding hydrogens is 498 g/mol. The van der Waals surface area contributed by atoms with E-state index in [0.717, 1.165) is 46.5 Å². The van der Waals surface area contributed by atoms with Crippen LogP contribution in [0.25, 0.3) is 11.1 Å². The van der Waals surface area contributed by atoms with E-state index in [9.17, 15) is 13.2 Å². The zero-order valence-corrected chi connectivity index (χ0v) is 23.3. The topological polar surface area (TPSA) is 81.7 Å². The maximum Gasteiger partial charge on any atom is 0.306 e. The smallest absolute Gasteiger partial charge is 0.306 e. The van der Waals surface area contributed by atoms with Crippen LogP contribution in [0.1, 0.15) is 54.5 Å². The lowest BCUT2D eigenvalue weighted by Crippen LogP contribution is -2.18. The molecule has 1 aliphatic heterocycles. The van der Waals surface area contributed by atoms with Gasteiger partial charge in [-0.2, -0.15) is 0 Å². The number of benzene rings is 3. The van der Waals surface area contributed by atoms with Crippen molar-refractivity contribution in [2.45, 2.75) is 52.0 Å². The third kappa shape index (κ3) is 7.60. The van der Waals surface area contributed by atoms with E-state index in [2.05, 4.69) is 60.8 Å². The molecule has 0 radical (unpaired) electrons. The number of carbonyl (C=O) groups is 1. The highest BCUT2D eigenvalue weighted by molar-refractivity contribution is 7.90. The number of sulfone groups is 1. The Kier molecular flexibility index (Phi) is 9.10. The van der Waals surface area contributed by atoms with Gasteiger partial charge in [-0.05, 0) is 97.2 Å². The Hall–Kier alpha value is -3.32. The number of esters is 1. The molecule has 1 aliphatic rings. The molecule has 6 nitrogen and oxygen atoms in total. The molecule has 202 valence electrons. The van der Waals surface area contributed by atoms with Crippen LogP contribution in [-0.4, -0.2) is 39.6 Å².